The maximum Gasteiger partial charge on any atom is 0.161 e. The van der Waals surface area contributed by atoms with E-state index >= 15 is 0 Å². The van der Waals surface area contributed by atoms with Crippen LogP contribution in [0.5, 0.6) is 0 Å². The zero-order chi connectivity index (χ0) is 16.8. The minimum absolute atomic E-state index is 0.710. The summed E-state index contributed by atoms with van der Waals surface area (Å²) >= 11 is 2.08. The average Bonchev–Trinajstić information content (AvgIpc) is 2.88. The predicted octanol–water partition coefficient (Wildman–Crippen LogP) is 4.21. The Hall–Kier alpha value is -1.62. The van der Waals surface area contributed by atoms with Crippen LogP contribution in [0.15, 0.2) is 30.6 Å². The van der Waals surface area contributed by atoms with Crippen molar-refractivity contribution < 1.29 is 0 Å². The van der Waals surface area contributed by atoms with Crippen LogP contribution in [0.1, 0.15) is 38.8 Å². The predicted molar refractivity (Wildman–Crippen MR) is 103 cm³/mol. The number of nitrogens with zero attached hydrogens (tertiary/aromatic N) is 4. The highest BCUT2D eigenvalue weighted by molar-refractivity contribution is 7.99. The summed E-state index contributed by atoms with van der Waals surface area (Å²) in [4.78, 5) is 16.2. The molecule has 0 N–H and O–H groups in total. The van der Waals surface area contributed by atoms with Gasteiger partial charge in [0.05, 0.1) is 0 Å². The first-order valence-corrected chi connectivity index (χ1v) is 10.00. The zero-order valence-electron chi connectivity index (χ0n) is 14.6. The fraction of sp³-hybridized carbons (Fsp3) is 0.526. The standard InChI is InChI=1S/C19H26N4S/c1-3-16-13-18(22-19(21-16)15-8-10-20-11-9-15)23-12-6-5-7-17(14-23)24-4-2/h8-11,13,17H,3-7,12,14H2,1-2H3. The van der Waals surface area contributed by atoms with Crippen LogP contribution >= 0.6 is 11.8 Å². The maximum absolute atomic E-state index is 4.89. The van der Waals surface area contributed by atoms with E-state index < -0.39 is 0 Å². The topological polar surface area (TPSA) is 41.9 Å². The third-order valence-electron chi connectivity index (χ3n) is 4.42. The number of anilines is 1. The molecule has 5 heteroatoms. The molecule has 1 atom stereocenters. The first-order valence-electron chi connectivity index (χ1n) is 8.95. The number of rotatable bonds is 5. The molecule has 4 nitrogen and oxygen atoms in total. The Morgan fingerprint density at radius 2 is 2.00 bits per heavy atom. The molecule has 1 saturated heterocycles. The molecule has 0 spiro atoms. The van der Waals surface area contributed by atoms with Crippen molar-refractivity contribution in [2.24, 2.45) is 0 Å². The lowest BCUT2D eigenvalue weighted by Gasteiger charge is -2.25. The van der Waals surface area contributed by atoms with Crippen LogP contribution in [-0.4, -0.2) is 39.0 Å². The summed E-state index contributed by atoms with van der Waals surface area (Å²) < 4.78 is 0. The first kappa shape index (κ1) is 17.2. The summed E-state index contributed by atoms with van der Waals surface area (Å²) in [6.45, 7) is 6.59. The van der Waals surface area contributed by atoms with Crippen LogP contribution < -0.4 is 4.90 Å². The third kappa shape index (κ3) is 4.26. The van der Waals surface area contributed by atoms with Crippen molar-refractivity contribution in [2.45, 2.75) is 44.8 Å². The highest BCUT2D eigenvalue weighted by atomic mass is 32.2. The van der Waals surface area contributed by atoms with Gasteiger partial charge in [-0.05, 0) is 37.1 Å². The average molecular weight is 343 g/mol. The Balaban J connectivity index is 1.91. The van der Waals surface area contributed by atoms with Crippen molar-refractivity contribution in [1.82, 2.24) is 15.0 Å². The van der Waals surface area contributed by atoms with Gasteiger partial charge in [-0.25, -0.2) is 9.97 Å². The van der Waals surface area contributed by atoms with Gasteiger partial charge in [0.25, 0.3) is 0 Å². The largest absolute Gasteiger partial charge is 0.355 e. The third-order valence-corrected chi connectivity index (χ3v) is 5.61. The quantitative estimate of drug-likeness (QED) is 0.814. The Kier molecular flexibility index (Phi) is 6.07. The SMILES string of the molecule is CCSC1CCCCN(c2cc(CC)nc(-c3ccncc3)n2)C1. The van der Waals surface area contributed by atoms with Crippen LogP contribution in [-0.2, 0) is 6.42 Å². The minimum Gasteiger partial charge on any atom is -0.355 e. The molecule has 0 amide bonds. The fourth-order valence-corrected chi connectivity index (χ4v) is 4.23. The van der Waals surface area contributed by atoms with Crippen LogP contribution in [0.4, 0.5) is 5.82 Å². The van der Waals surface area contributed by atoms with E-state index in [9.17, 15) is 0 Å². The molecule has 2 aromatic rings. The Morgan fingerprint density at radius 1 is 1.17 bits per heavy atom. The molecule has 0 saturated carbocycles. The van der Waals surface area contributed by atoms with Gasteiger partial charge in [-0.2, -0.15) is 11.8 Å². The van der Waals surface area contributed by atoms with Gasteiger partial charge in [0.15, 0.2) is 5.82 Å². The van der Waals surface area contributed by atoms with Crippen molar-refractivity contribution in [3.63, 3.8) is 0 Å². The van der Waals surface area contributed by atoms with E-state index in [-0.39, 0.29) is 0 Å². The molecular weight excluding hydrogens is 316 g/mol. The summed E-state index contributed by atoms with van der Waals surface area (Å²) in [5.41, 5.74) is 2.15. The second kappa shape index (κ2) is 8.47. The molecule has 0 aliphatic carbocycles. The summed E-state index contributed by atoms with van der Waals surface area (Å²) in [7, 11) is 0. The van der Waals surface area contributed by atoms with Gasteiger partial charge in [-0.3, -0.25) is 4.98 Å². The monoisotopic (exact) mass is 342 g/mol. The Labute approximate surface area is 149 Å². The number of pyridine rings is 1. The fourth-order valence-electron chi connectivity index (χ4n) is 3.14. The molecule has 3 heterocycles. The van der Waals surface area contributed by atoms with E-state index in [1.54, 1.807) is 12.4 Å². The van der Waals surface area contributed by atoms with Crippen molar-refractivity contribution in [3.05, 3.63) is 36.3 Å². The van der Waals surface area contributed by atoms with E-state index in [4.69, 9.17) is 9.97 Å². The number of aryl methyl sites for hydroxylation is 1. The molecule has 1 unspecified atom stereocenters. The summed E-state index contributed by atoms with van der Waals surface area (Å²) in [6, 6.07) is 6.14. The molecular formula is C19H26N4S. The van der Waals surface area contributed by atoms with Gasteiger partial charge in [-0.1, -0.05) is 20.3 Å². The Bertz CT molecular complexity index is 647. The number of hydrogen-bond acceptors (Lipinski definition) is 5. The van der Waals surface area contributed by atoms with E-state index in [1.807, 2.05) is 12.1 Å². The number of hydrogen-bond donors (Lipinski definition) is 0. The smallest absolute Gasteiger partial charge is 0.161 e. The molecule has 128 valence electrons. The van der Waals surface area contributed by atoms with Crippen molar-refractivity contribution in [3.8, 4) is 11.4 Å². The van der Waals surface area contributed by atoms with E-state index in [2.05, 4.69) is 41.6 Å². The lowest BCUT2D eigenvalue weighted by molar-refractivity contribution is 0.735. The molecule has 0 radical (unpaired) electrons. The lowest BCUT2D eigenvalue weighted by atomic mass is 10.2. The van der Waals surface area contributed by atoms with Gasteiger partial charge in [0.1, 0.15) is 5.82 Å². The summed E-state index contributed by atoms with van der Waals surface area (Å²) in [5, 5.41) is 0.710. The second-order valence-corrected chi connectivity index (χ2v) is 7.73. The highest BCUT2D eigenvalue weighted by Gasteiger charge is 2.20. The van der Waals surface area contributed by atoms with Gasteiger partial charge in [0, 0.05) is 48.1 Å². The molecule has 0 bridgehead atoms. The van der Waals surface area contributed by atoms with E-state index in [0.717, 1.165) is 42.4 Å². The van der Waals surface area contributed by atoms with Crippen molar-refractivity contribution >= 4 is 17.6 Å². The molecule has 1 fully saturated rings. The second-order valence-electron chi connectivity index (χ2n) is 6.15. The zero-order valence-corrected chi connectivity index (χ0v) is 15.4. The van der Waals surface area contributed by atoms with Crippen LogP contribution in [0.2, 0.25) is 0 Å². The molecule has 24 heavy (non-hydrogen) atoms. The lowest BCUT2D eigenvalue weighted by Crippen LogP contribution is -2.30. The van der Waals surface area contributed by atoms with Crippen LogP contribution in [0.3, 0.4) is 0 Å². The molecule has 1 aliphatic heterocycles. The normalized spacial score (nSPS) is 18.4. The van der Waals surface area contributed by atoms with Gasteiger partial charge < -0.3 is 4.90 Å². The van der Waals surface area contributed by atoms with Crippen LogP contribution in [0, 0.1) is 0 Å². The van der Waals surface area contributed by atoms with Gasteiger partial charge in [0.2, 0.25) is 0 Å². The minimum atomic E-state index is 0.710. The van der Waals surface area contributed by atoms with Crippen molar-refractivity contribution in [1.29, 1.82) is 0 Å². The summed E-state index contributed by atoms with van der Waals surface area (Å²) in [6.07, 6.45) is 8.41. The molecule has 3 rings (SSSR count). The van der Waals surface area contributed by atoms with Crippen LogP contribution in [0.25, 0.3) is 11.4 Å². The maximum atomic E-state index is 4.89. The summed E-state index contributed by atoms with van der Waals surface area (Å²) in [5.74, 6) is 3.08. The van der Waals surface area contributed by atoms with E-state index in [1.165, 1.54) is 25.0 Å². The molecule has 2 aromatic heterocycles. The number of aromatic nitrogens is 3. The van der Waals surface area contributed by atoms with E-state index in [0.29, 0.717) is 5.25 Å². The molecule has 0 aromatic carbocycles. The Morgan fingerprint density at radius 3 is 2.75 bits per heavy atom. The highest BCUT2D eigenvalue weighted by Crippen LogP contribution is 2.26. The van der Waals surface area contributed by atoms with Gasteiger partial charge >= 0.3 is 0 Å². The number of thioether (sulfide) groups is 1. The molecule has 1 aliphatic rings. The first-order chi connectivity index (χ1) is 11.8. The van der Waals surface area contributed by atoms with Crippen molar-refractivity contribution in [2.75, 3.05) is 23.7 Å². The van der Waals surface area contributed by atoms with Gasteiger partial charge in [-0.15, -0.1) is 0 Å².